The maximum atomic E-state index is 12.4. The number of carbonyl (C=O) groups is 2. The van der Waals surface area contributed by atoms with Gasteiger partial charge in [-0.25, -0.2) is 0 Å². The Hall–Kier alpha value is -2.08. The summed E-state index contributed by atoms with van der Waals surface area (Å²) in [5, 5.41) is 13.0. The molecule has 0 radical (unpaired) electrons. The summed E-state index contributed by atoms with van der Waals surface area (Å²) in [7, 11) is 0. The molecule has 1 saturated carbocycles. The molecule has 6 nitrogen and oxygen atoms in total. The number of para-hydroxylation sites is 1. The summed E-state index contributed by atoms with van der Waals surface area (Å²) in [6.07, 6.45) is 2.54. The SMILES string of the molecule is O=C(CNCC1CC1)N1CCN(C(=O)c2ccccc2O)CC1. The van der Waals surface area contributed by atoms with Crippen LogP contribution in [-0.2, 0) is 4.79 Å². The topological polar surface area (TPSA) is 72.9 Å². The molecule has 0 aromatic heterocycles. The Morgan fingerprint density at radius 1 is 1.09 bits per heavy atom. The van der Waals surface area contributed by atoms with Crippen molar-refractivity contribution in [1.29, 1.82) is 0 Å². The predicted molar refractivity (Wildman–Crippen MR) is 86.2 cm³/mol. The average Bonchev–Trinajstić information content (AvgIpc) is 3.39. The number of aromatic hydroxyl groups is 1. The van der Waals surface area contributed by atoms with Gasteiger partial charge in [-0.15, -0.1) is 0 Å². The van der Waals surface area contributed by atoms with Crippen molar-refractivity contribution in [2.45, 2.75) is 12.8 Å². The van der Waals surface area contributed by atoms with Crippen molar-refractivity contribution in [3.63, 3.8) is 0 Å². The van der Waals surface area contributed by atoms with Gasteiger partial charge >= 0.3 is 0 Å². The molecule has 23 heavy (non-hydrogen) atoms. The van der Waals surface area contributed by atoms with E-state index in [1.807, 2.05) is 0 Å². The second kappa shape index (κ2) is 7.00. The normalized spacial score (nSPS) is 18.1. The molecule has 1 saturated heterocycles. The minimum atomic E-state index is -0.179. The summed E-state index contributed by atoms with van der Waals surface area (Å²) in [5.41, 5.74) is 0.318. The first-order valence-corrected chi connectivity index (χ1v) is 8.21. The van der Waals surface area contributed by atoms with Crippen molar-refractivity contribution < 1.29 is 14.7 Å². The lowest BCUT2D eigenvalue weighted by molar-refractivity contribution is -0.131. The summed E-state index contributed by atoms with van der Waals surface area (Å²) in [4.78, 5) is 28.0. The Kier molecular flexibility index (Phi) is 4.81. The molecule has 1 aliphatic heterocycles. The van der Waals surface area contributed by atoms with Crippen LogP contribution in [0.25, 0.3) is 0 Å². The number of phenolic OH excluding ortho intramolecular Hbond substituents is 1. The van der Waals surface area contributed by atoms with E-state index in [2.05, 4.69) is 5.32 Å². The zero-order valence-corrected chi connectivity index (χ0v) is 13.2. The van der Waals surface area contributed by atoms with Gasteiger partial charge in [-0.05, 0) is 37.4 Å². The van der Waals surface area contributed by atoms with Crippen LogP contribution >= 0.6 is 0 Å². The third-order valence-corrected chi connectivity index (χ3v) is 4.46. The van der Waals surface area contributed by atoms with E-state index >= 15 is 0 Å². The lowest BCUT2D eigenvalue weighted by Gasteiger charge is -2.35. The minimum Gasteiger partial charge on any atom is -0.507 e. The first-order valence-electron chi connectivity index (χ1n) is 8.21. The fourth-order valence-corrected chi connectivity index (χ4v) is 2.80. The van der Waals surface area contributed by atoms with Gasteiger partial charge in [0.1, 0.15) is 5.75 Å². The number of piperazine rings is 1. The monoisotopic (exact) mass is 317 g/mol. The molecule has 1 heterocycles. The lowest BCUT2D eigenvalue weighted by Crippen LogP contribution is -2.52. The maximum absolute atomic E-state index is 12.4. The van der Waals surface area contributed by atoms with Crippen LogP contribution in [0.15, 0.2) is 24.3 Å². The van der Waals surface area contributed by atoms with Crippen LogP contribution in [0, 0.1) is 5.92 Å². The molecule has 3 rings (SSSR count). The zero-order valence-electron chi connectivity index (χ0n) is 13.2. The Balaban J connectivity index is 1.46. The molecule has 2 aliphatic rings. The Bertz CT molecular complexity index is 578. The van der Waals surface area contributed by atoms with E-state index < -0.39 is 0 Å². The number of phenols is 1. The molecule has 0 atom stereocenters. The fraction of sp³-hybridized carbons (Fsp3) is 0.529. The smallest absolute Gasteiger partial charge is 0.257 e. The van der Waals surface area contributed by atoms with E-state index in [0.29, 0.717) is 38.3 Å². The second-order valence-corrected chi connectivity index (χ2v) is 6.26. The van der Waals surface area contributed by atoms with Crippen molar-refractivity contribution >= 4 is 11.8 Å². The molecule has 1 aliphatic carbocycles. The van der Waals surface area contributed by atoms with Crippen LogP contribution in [0.3, 0.4) is 0 Å². The molecular weight excluding hydrogens is 294 g/mol. The highest BCUT2D eigenvalue weighted by Gasteiger charge is 2.26. The van der Waals surface area contributed by atoms with Gasteiger partial charge in [0.2, 0.25) is 5.91 Å². The highest BCUT2D eigenvalue weighted by atomic mass is 16.3. The van der Waals surface area contributed by atoms with E-state index in [1.54, 1.807) is 28.0 Å². The van der Waals surface area contributed by atoms with Crippen LogP contribution in [-0.4, -0.2) is 66.0 Å². The summed E-state index contributed by atoms with van der Waals surface area (Å²) in [6, 6.07) is 6.56. The van der Waals surface area contributed by atoms with Crippen LogP contribution in [0.4, 0.5) is 0 Å². The molecular formula is C17H23N3O3. The third-order valence-electron chi connectivity index (χ3n) is 4.46. The van der Waals surface area contributed by atoms with Gasteiger partial charge < -0.3 is 20.2 Å². The number of rotatable bonds is 5. The Morgan fingerprint density at radius 2 is 1.74 bits per heavy atom. The largest absolute Gasteiger partial charge is 0.507 e. The van der Waals surface area contributed by atoms with Gasteiger partial charge in [0.05, 0.1) is 12.1 Å². The van der Waals surface area contributed by atoms with Gasteiger partial charge in [0.25, 0.3) is 5.91 Å². The highest BCUT2D eigenvalue weighted by Crippen LogP contribution is 2.27. The summed E-state index contributed by atoms with van der Waals surface area (Å²) in [6.45, 7) is 3.40. The minimum absolute atomic E-state index is 0.000261. The van der Waals surface area contributed by atoms with Crippen molar-refractivity contribution in [3.8, 4) is 5.75 Å². The molecule has 6 heteroatoms. The van der Waals surface area contributed by atoms with Crippen molar-refractivity contribution in [3.05, 3.63) is 29.8 Å². The number of hydrogen-bond acceptors (Lipinski definition) is 4. The Labute approximate surface area is 136 Å². The van der Waals surface area contributed by atoms with Crippen LogP contribution < -0.4 is 5.32 Å². The third kappa shape index (κ3) is 4.01. The number of carbonyl (C=O) groups excluding carboxylic acids is 2. The number of benzene rings is 1. The number of amides is 2. The summed E-state index contributed by atoms with van der Waals surface area (Å²) in [5.74, 6) is 0.679. The predicted octanol–water partition coefficient (Wildman–Crippen LogP) is 0.676. The quantitative estimate of drug-likeness (QED) is 0.837. The van der Waals surface area contributed by atoms with E-state index in [9.17, 15) is 14.7 Å². The number of nitrogens with zero attached hydrogens (tertiary/aromatic N) is 2. The zero-order chi connectivity index (χ0) is 16.2. The lowest BCUT2D eigenvalue weighted by atomic mass is 10.1. The number of hydrogen-bond donors (Lipinski definition) is 2. The van der Waals surface area contributed by atoms with Crippen LogP contribution in [0.2, 0.25) is 0 Å². The average molecular weight is 317 g/mol. The first kappa shape index (κ1) is 15.8. The molecule has 1 aromatic carbocycles. The van der Waals surface area contributed by atoms with Gasteiger partial charge in [0, 0.05) is 26.2 Å². The molecule has 124 valence electrons. The number of nitrogens with one attached hydrogen (secondary N) is 1. The van der Waals surface area contributed by atoms with Crippen molar-refractivity contribution in [2.24, 2.45) is 5.92 Å². The molecule has 2 fully saturated rings. The molecule has 2 N–H and O–H groups in total. The Morgan fingerprint density at radius 3 is 2.39 bits per heavy atom. The highest BCUT2D eigenvalue weighted by molar-refractivity contribution is 5.97. The van der Waals surface area contributed by atoms with Crippen LogP contribution in [0.5, 0.6) is 5.75 Å². The molecule has 1 aromatic rings. The van der Waals surface area contributed by atoms with E-state index in [4.69, 9.17) is 0 Å². The van der Waals surface area contributed by atoms with Gasteiger partial charge in [-0.1, -0.05) is 12.1 Å². The van der Waals surface area contributed by atoms with Gasteiger partial charge in [0.15, 0.2) is 0 Å². The van der Waals surface area contributed by atoms with Crippen molar-refractivity contribution in [1.82, 2.24) is 15.1 Å². The molecule has 0 bridgehead atoms. The standard InChI is InChI=1S/C17H23N3O3/c21-15-4-2-1-3-14(15)17(23)20-9-7-19(8-10-20)16(22)12-18-11-13-5-6-13/h1-4,13,18,21H,5-12H2. The second-order valence-electron chi connectivity index (χ2n) is 6.26. The molecule has 0 spiro atoms. The first-order chi connectivity index (χ1) is 11.1. The van der Waals surface area contributed by atoms with E-state index in [-0.39, 0.29) is 17.6 Å². The fourth-order valence-electron chi connectivity index (χ4n) is 2.80. The van der Waals surface area contributed by atoms with E-state index in [1.165, 1.54) is 18.9 Å². The summed E-state index contributed by atoms with van der Waals surface area (Å²) < 4.78 is 0. The summed E-state index contributed by atoms with van der Waals surface area (Å²) >= 11 is 0. The van der Waals surface area contributed by atoms with Crippen molar-refractivity contribution in [2.75, 3.05) is 39.3 Å². The molecule has 0 unspecified atom stereocenters. The van der Waals surface area contributed by atoms with Gasteiger partial charge in [-0.2, -0.15) is 0 Å². The van der Waals surface area contributed by atoms with Gasteiger partial charge in [-0.3, -0.25) is 9.59 Å². The van der Waals surface area contributed by atoms with E-state index in [0.717, 1.165) is 12.5 Å². The van der Waals surface area contributed by atoms with Crippen LogP contribution in [0.1, 0.15) is 23.2 Å². The molecule has 2 amide bonds. The maximum Gasteiger partial charge on any atom is 0.257 e.